The van der Waals surface area contributed by atoms with Crippen LogP contribution in [-0.4, -0.2) is 15.1 Å². The second-order valence-corrected chi connectivity index (χ2v) is 9.73. The molecular weight excluding hydrogens is 490 g/mol. The Morgan fingerprint density at radius 1 is 0.600 bits per heavy atom. The Morgan fingerprint density at radius 2 is 1.27 bits per heavy atom. The molecule has 4 heteroatoms. The third kappa shape index (κ3) is 5.20. The van der Waals surface area contributed by atoms with E-state index in [4.69, 9.17) is 9.97 Å². The van der Waals surface area contributed by atoms with E-state index in [1.54, 1.807) is 6.07 Å². The molecule has 4 aromatic carbocycles. The van der Waals surface area contributed by atoms with E-state index in [0.717, 1.165) is 34.1 Å². The minimum atomic E-state index is 0.215. The standard InChI is InChI=1S/C36H29N3O/c1-26(27-12-3-2-4-13-27)28-14-9-16-30(24-28)39(36-22-7-8-23-37-36)31-17-10-15-29(25-31)33-19-11-20-34(38-33)32-18-5-6-21-35(32)40/h2-26,40H,1H3. The van der Waals surface area contributed by atoms with E-state index in [-0.39, 0.29) is 11.7 Å². The number of aromatic hydroxyl groups is 1. The largest absolute Gasteiger partial charge is 0.507 e. The van der Waals surface area contributed by atoms with Crippen molar-refractivity contribution in [3.8, 4) is 28.3 Å². The molecule has 0 saturated heterocycles. The van der Waals surface area contributed by atoms with E-state index in [1.165, 1.54) is 11.1 Å². The van der Waals surface area contributed by atoms with E-state index in [9.17, 15) is 5.11 Å². The fourth-order valence-corrected chi connectivity index (χ4v) is 5.01. The van der Waals surface area contributed by atoms with Gasteiger partial charge in [-0.25, -0.2) is 9.97 Å². The number of hydrogen-bond acceptors (Lipinski definition) is 4. The van der Waals surface area contributed by atoms with Crippen LogP contribution in [-0.2, 0) is 0 Å². The molecule has 0 radical (unpaired) electrons. The molecule has 1 atom stereocenters. The van der Waals surface area contributed by atoms with Crippen LogP contribution in [0.25, 0.3) is 22.5 Å². The van der Waals surface area contributed by atoms with Gasteiger partial charge in [0.15, 0.2) is 0 Å². The molecule has 0 aliphatic rings. The molecule has 2 aromatic heterocycles. The van der Waals surface area contributed by atoms with Gasteiger partial charge in [-0.15, -0.1) is 0 Å². The Kier molecular flexibility index (Phi) is 7.06. The molecule has 40 heavy (non-hydrogen) atoms. The van der Waals surface area contributed by atoms with Gasteiger partial charge in [0.25, 0.3) is 0 Å². The molecule has 0 saturated carbocycles. The fourth-order valence-electron chi connectivity index (χ4n) is 5.01. The van der Waals surface area contributed by atoms with Crippen molar-refractivity contribution in [1.82, 2.24) is 9.97 Å². The maximum Gasteiger partial charge on any atom is 0.137 e. The molecule has 0 amide bonds. The van der Waals surface area contributed by atoms with Crippen LogP contribution in [0.1, 0.15) is 24.0 Å². The summed E-state index contributed by atoms with van der Waals surface area (Å²) in [5.74, 6) is 1.30. The van der Waals surface area contributed by atoms with Crippen molar-refractivity contribution < 1.29 is 5.11 Å². The molecule has 2 heterocycles. The Morgan fingerprint density at radius 3 is 2.08 bits per heavy atom. The van der Waals surface area contributed by atoms with Gasteiger partial charge in [-0.05, 0) is 71.8 Å². The average Bonchev–Trinajstić information content (AvgIpc) is 3.02. The summed E-state index contributed by atoms with van der Waals surface area (Å²) in [6.45, 7) is 2.24. The third-order valence-electron chi connectivity index (χ3n) is 7.14. The molecule has 194 valence electrons. The van der Waals surface area contributed by atoms with Gasteiger partial charge in [0.2, 0.25) is 0 Å². The fraction of sp³-hybridized carbons (Fsp3) is 0.0556. The number of hydrogen-bond donors (Lipinski definition) is 1. The molecule has 0 fully saturated rings. The van der Waals surface area contributed by atoms with Gasteiger partial charge in [0.05, 0.1) is 11.4 Å². The van der Waals surface area contributed by atoms with Crippen LogP contribution in [0.4, 0.5) is 17.2 Å². The van der Waals surface area contributed by atoms with Gasteiger partial charge in [-0.1, -0.05) is 85.8 Å². The maximum atomic E-state index is 10.4. The maximum absolute atomic E-state index is 10.4. The number of benzene rings is 4. The summed E-state index contributed by atoms with van der Waals surface area (Å²) in [5, 5.41) is 10.4. The lowest BCUT2D eigenvalue weighted by molar-refractivity contribution is 0.477. The molecular formula is C36H29N3O. The SMILES string of the molecule is CC(c1ccccc1)c1cccc(N(c2cccc(-c3cccc(-c4ccccc4O)n3)c2)c2ccccn2)c1. The minimum absolute atomic E-state index is 0.215. The molecule has 6 rings (SSSR count). The highest BCUT2D eigenvalue weighted by Gasteiger charge is 2.17. The monoisotopic (exact) mass is 519 g/mol. The highest BCUT2D eigenvalue weighted by molar-refractivity contribution is 5.79. The van der Waals surface area contributed by atoms with Gasteiger partial charge in [-0.2, -0.15) is 0 Å². The van der Waals surface area contributed by atoms with Crippen LogP contribution in [0.2, 0.25) is 0 Å². The molecule has 6 aromatic rings. The van der Waals surface area contributed by atoms with E-state index in [0.29, 0.717) is 5.56 Å². The van der Waals surface area contributed by atoms with Crippen molar-refractivity contribution in [2.45, 2.75) is 12.8 Å². The lowest BCUT2D eigenvalue weighted by atomic mass is 9.93. The van der Waals surface area contributed by atoms with Gasteiger partial charge in [0.1, 0.15) is 11.6 Å². The quantitative estimate of drug-likeness (QED) is 0.228. The summed E-state index contributed by atoms with van der Waals surface area (Å²) in [7, 11) is 0. The molecule has 1 N–H and O–H groups in total. The number of para-hydroxylation sites is 1. The molecule has 0 aliphatic heterocycles. The lowest BCUT2D eigenvalue weighted by Gasteiger charge is -2.26. The van der Waals surface area contributed by atoms with E-state index in [1.807, 2.05) is 66.9 Å². The van der Waals surface area contributed by atoms with E-state index < -0.39 is 0 Å². The predicted molar refractivity (Wildman–Crippen MR) is 163 cm³/mol. The van der Waals surface area contributed by atoms with Crippen LogP contribution in [0.15, 0.2) is 146 Å². The molecule has 1 unspecified atom stereocenters. The normalized spacial score (nSPS) is 11.6. The van der Waals surface area contributed by atoms with Crippen molar-refractivity contribution in [2.24, 2.45) is 0 Å². The first-order chi connectivity index (χ1) is 19.7. The summed E-state index contributed by atoms with van der Waals surface area (Å²) in [6.07, 6.45) is 1.82. The van der Waals surface area contributed by atoms with Gasteiger partial charge in [-0.3, -0.25) is 4.90 Å². The molecule has 0 aliphatic carbocycles. The predicted octanol–water partition coefficient (Wildman–Crippen LogP) is 9.14. The summed E-state index contributed by atoms with van der Waals surface area (Å²) in [4.78, 5) is 11.8. The Bertz CT molecular complexity index is 1730. The number of rotatable bonds is 7. The summed E-state index contributed by atoms with van der Waals surface area (Å²) < 4.78 is 0. The van der Waals surface area contributed by atoms with Crippen molar-refractivity contribution in [2.75, 3.05) is 4.90 Å². The van der Waals surface area contributed by atoms with Crippen LogP contribution in [0.3, 0.4) is 0 Å². The van der Waals surface area contributed by atoms with Crippen LogP contribution in [0.5, 0.6) is 5.75 Å². The van der Waals surface area contributed by atoms with Gasteiger partial charge < -0.3 is 5.11 Å². The van der Waals surface area contributed by atoms with Crippen LogP contribution in [0, 0.1) is 0 Å². The highest BCUT2D eigenvalue weighted by atomic mass is 16.3. The first-order valence-electron chi connectivity index (χ1n) is 13.4. The number of anilines is 3. The Labute approximate surface area is 234 Å². The van der Waals surface area contributed by atoms with Crippen molar-refractivity contribution in [3.63, 3.8) is 0 Å². The smallest absolute Gasteiger partial charge is 0.137 e. The molecule has 0 bridgehead atoms. The molecule has 4 nitrogen and oxygen atoms in total. The summed E-state index contributed by atoms with van der Waals surface area (Å²) in [5.41, 5.74) is 7.77. The highest BCUT2D eigenvalue weighted by Crippen LogP contribution is 2.37. The van der Waals surface area contributed by atoms with Crippen molar-refractivity contribution >= 4 is 17.2 Å². The number of pyridine rings is 2. The van der Waals surface area contributed by atoms with Gasteiger partial charge in [0, 0.05) is 34.6 Å². The summed E-state index contributed by atoms with van der Waals surface area (Å²) in [6, 6.07) is 46.7. The van der Waals surface area contributed by atoms with Gasteiger partial charge >= 0.3 is 0 Å². The Hall–Kier alpha value is -5.22. The second kappa shape index (κ2) is 11.3. The van der Waals surface area contributed by atoms with Crippen molar-refractivity contribution in [1.29, 1.82) is 0 Å². The second-order valence-electron chi connectivity index (χ2n) is 9.73. The minimum Gasteiger partial charge on any atom is -0.507 e. The first kappa shape index (κ1) is 25.1. The van der Waals surface area contributed by atoms with Crippen molar-refractivity contribution in [3.05, 3.63) is 157 Å². The zero-order valence-electron chi connectivity index (χ0n) is 22.2. The zero-order chi connectivity index (χ0) is 27.3. The zero-order valence-corrected chi connectivity index (χ0v) is 22.2. The summed E-state index contributed by atoms with van der Waals surface area (Å²) >= 11 is 0. The third-order valence-corrected chi connectivity index (χ3v) is 7.14. The topological polar surface area (TPSA) is 49.2 Å². The van der Waals surface area contributed by atoms with Crippen LogP contribution >= 0.6 is 0 Å². The number of phenolic OH excluding ortho intramolecular Hbond substituents is 1. The number of aromatic nitrogens is 2. The van der Waals surface area contributed by atoms with E-state index in [2.05, 4.69) is 84.6 Å². The number of phenols is 1. The van der Waals surface area contributed by atoms with Crippen LogP contribution < -0.4 is 4.90 Å². The molecule has 0 spiro atoms. The Balaban J connectivity index is 1.42. The lowest BCUT2D eigenvalue weighted by Crippen LogP contribution is -2.12. The average molecular weight is 520 g/mol. The van der Waals surface area contributed by atoms with E-state index >= 15 is 0 Å². The number of nitrogens with zero attached hydrogens (tertiary/aromatic N) is 3. The first-order valence-corrected chi connectivity index (χ1v) is 13.4.